The molecule has 6 aromatic rings. The van der Waals surface area contributed by atoms with E-state index >= 15 is 0 Å². The third-order valence-corrected chi connectivity index (χ3v) is 7.62. The number of aryl methyl sites for hydroxylation is 2. The highest BCUT2D eigenvalue weighted by molar-refractivity contribution is 5.99. The zero-order valence-corrected chi connectivity index (χ0v) is 22.6. The maximum absolute atomic E-state index is 5.15. The molecule has 4 nitrogen and oxygen atoms in total. The molecule has 0 aliphatic carbocycles. The van der Waals surface area contributed by atoms with Crippen LogP contribution in [0.15, 0.2) is 114 Å². The molecule has 4 heteroatoms. The number of rotatable bonds is 4. The topological polar surface area (TPSA) is 51.0 Å². The van der Waals surface area contributed by atoms with Gasteiger partial charge in [0.05, 0.1) is 22.6 Å². The Hall–Kier alpha value is -4.96. The number of hydrogen-bond acceptors (Lipinski definition) is 4. The van der Waals surface area contributed by atoms with Crippen molar-refractivity contribution in [2.24, 2.45) is 4.99 Å². The first-order valence-corrected chi connectivity index (χ1v) is 13.7. The Labute approximate surface area is 234 Å². The van der Waals surface area contributed by atoms with Crippen molar-refractivity contribution in [3.8, 4) is 45.2 Å². The van der Waals surface area contributed by atoms with Gasteiger partial charge in [-0.05, 0) is 61.1 Å². The van der Waals surface area contributed by atoms with E-state index in [1.54, 1.807) is 0 Å². The fourth-order valence-corrected chi connectivity index (χ4v) is 5.42. The van der Waals surface area contributed by atoms with Gasteiger partial charge in [0.15, 0.2) is 5.82 Å². The third-order valence-electron chi connectivity index (χ3n) is 7.62. The number of fused-ring (bicyclic) bond motifs is 3. The van der Waals surface area contributed by atoms with Crippen LogP contribution >= 0.6 is 0 Å². The zero-order valence-electron chi connectivity index (χ0n) is 22.6. The molecule has 0 N–H and O–H groups in total. The lowest BCUT2D eigenvalue weighted by atomic mass is 9.97. The number of aromatic nitrogens is 3. The Bertz CT molecular complexity index is 1890. The van der Waals surface area contributed by atoms with E-state index in [0.29, 0.717) is 5.82 Å². The smallest absolute Gasteiger partial charge is 0.179 e. The van der Waals surface area contributed by atoms with Crippen LogP contribution in [0.4, 0.5) is 5.69 Å². The molecule has 2 aromatic heterocycles. The molecule has 3 heterocycles. The van der Waals surface area contributed by atoms with Gasteiger partial charge in [-0.2, -0.15) is 0 Å². The summed E-state index contributed by atoms with van der Waals surface area (Å²) in [7, 11) is 0. The average molecular weight is 517 g/mol. The zero-order chi connectivity index (χ0) is 27.1. The van der Waals surface area contributed by atoms with E-state index in [1.165, 1.54) is 16.7 Å². The SMILES string of the molecule is CC1=Nc2c(ccc3c(C)cc(-c4nc(-c5ccccc5)cc(-c5ccc(-c6ccccc6)cc5)n4)nc23)CC1. The molecule has 0 bridgehead atoms. The van der Waals surface area contributed by atoms with Crippen LogP contribution in [0.1, 0.15) is 24.5 Å². The molecule has 0 unspecified atom stereocenters. The van der Waals surface area contributed by atoms with Crippen molar-refractivity contribution in [1.29, 1.82) is 0 Å². The third kappa shape index (κ3) is 4.48. The molecule has 40 heavy (non-hydrogen) atoms. The summed E-state index contributed by atoms with van der Waals surface area (Å²) in [6.07, 6.45) is 1.99. The first-order valence-electron chi connectivity index (χ1n) is 13.7. The molecule has 0 atom stereocenters. The largest absolute Gasteiger partial charge is 0.256 e. The lowest BCUT2D eigenvalue weighted by molar-refractivity contribution is 1.00. The van der Waals surface area contributed by atoms with E-state index in [9.17, 15) is 0 Å². The van der Waals surface area contributed by atoms with Gasteiger partial charge in [-0.25, -0.2) is 15.0 Å². The lowest BCUT2D eigenvalue weighted by Crippen LogP contribution is -2.03. The molecular formula is C36H28N4. The predicted octanol–water partition coefficient (Wildman–Crippen LogP) is 9.04. The second kappa shape index (κ2) is 9.97. The molecule has 0 spiro atoms. The second-order valence-electron chi connectivity index (χ2n) is 10.4. The minimum absolute atomic E-state index is 0.614. The summed E-state index contributed by atoms with van der Waals surface area (Å²) >= 11 is 0. The van der Waals surface area contributed by atoms with E-state index in [4.69, 9.17) is 19.9 Å². The van der Waals surface area contributed by atoms with Gasteiger partial charge in [0, 0.05) is 22.2 Å². The second-order valence-corrected chi connectivity index (χ2v) is 10.4. The highest BCUT2D eigenvalue weighted by Crippen LogP contribution is 2.36. The van der Waals surface area contributed by atoms with Gasteiger partial charge in [0.1, 0.15) is 5.69 Å². The minimum atomic E-state index is 0.614. The lowest BCUT2D eigenvalue weighted by Gasteiger charge is -2.16. The quantitative estimate of drug-likeness (QED) is 0.235. The molecule has 0 saturated carbocycles. The van der Waals surface area contributed by atoms with Crippen LogP contribution < -0.4 is 0 Å². The fraction of sp³-hybridized carbons (Fsp3) is 0.111. The van der Waals surface area contributed by atoms with Crippen molar-refractivity contribution >= 4 is 22.3 Å². The summed E-state index contributed by atoms with van der Waals surface area (Å²) < 4.78 is 0. The van der Waals surface area contributed by atoms with Crippen molar-refractivity contribution in [1.82, 2.24) is 15.0 Å². The molecule has 0 amide bonds. The van der Waals surface area contributed by atoms with Gasteiger partial charge in [-0.15, -0.1) is 0 Å². The molecule has 1 aliphatic rings. The van der Waals surface area contributed by atoms with Gasteiger partial charge in [0.25, 0.3) is 0 Å². The summed E-state index contributed by atoms with van der Waals surface area (Å²) in [4.78, 5) is 20.2. The van der Waals surface area contributed by atoms with Crippen LogP contribution in [-0.2, 0) is 6.42 Å². The van der Waals surface area contributed by atoms with Crippen molar-refractivity contribution in [3.63, 3.8) is 0 Å². The fourth-order valence-electron chi connectivity index (χ4n) is 5.42. The maximum atomic E-state index is 5.15. The van der Waals surface area contributed by atoms with Gasteiger partial charge >= 0.3 is 0 Å². The Balaban J connectivity index is 1.39. The predicted molar refractivity (Wildman–Crippen MR) is 165 cm³/mol. The van der Waals surface area contributed by atoms with Crippen molar-refractivity contribution in [2.45, 2.75) is 26.7 Å². The molecule has 7 rings (SSSR count). The van der Waals surface area contributed by atoms with Gasteiger partial charge in [0.2, 0.25) is 0 Å². The standard InChI is InChI=1S/C36H28N4/c1-23-21-33(38-35-30(23)20-19-29-14-13-24(2)37-34(29)35)36-39-31(27-11-7-4-8-12-27)22-32(40-36)28-17-15-26(16-18-28)25-9-5-3-6-10-25/h3-12,15-22H,13-14H2,1-2H3. The van der Waals surface area contributed by atoms with Crippen LogP contribution in [0.2, 0.25) is 0 Å². The van der Waals surface area contributed by atoms with E-state index in [2.05, 4.69) is 98.8 Å². The Morgan fingerprint density at radius 3 is 1.82 bits per heavy atom. The number of aliphatic imine (C=N–C) groups is 1. The normalized spacial score (nSPS) is 12.7. The van der Waals surface area contributed by atoms with Crippen LogP contribution in [0, 0.1) is 6.92 Å². The number of hydrogen-bond donors (Lipinski definition) is 0. The maximum Gasteiger partial charge on any atom is 0.179 e. The minimum Gasteiger partial charge on any atom is -0.256 e. The molecule has 0 radical (unpaired) electrons. The molecule has 4 aromatic carbocycles. The summed E-state index contributed by atoms with van der Waals surface area (Å²) in [6, 6.07) is 37.8. The average Bonchev–Trinajstić information content (AvgIpc) is 3.01. The first-order chi connectivity index (χ1) is 19.6. The number of pyridine rings is 1. The van der Waals surface area contributed by atoms with E-state index in [-0.39, 0.29) is 0 Å². The van der Waals surface area contributed by atoms with Crippen LogP contribution in [-0.4, -0.2) is 20.7 Å². The molecular weight excluding hydrogens is 488 g/mol. The van der Waals surface area contributed by atoms with Crippen molar-refractivity contribution < 1.29 is 0 Å². The molecule has 1 aliphatic heterocycles. The van der Waals surface area contributed by atoms with Crippen LogP contribution in [0.25, 0.3) is 56.1 Å². The Morgan fingerprint density at radius 1 is 0.525 bits per heavy atom. The summed E-state index contributed by atoms with van der Waals surface area (Å²) in [6.45, 7) is 4.23. The summed E-state index contributed by atoms with van der Waals surface area (Å²) in [5.41, 5.74) is 12.4. The van der Waals surface area contributed by atoms with Gasteiger partial charge in [-0.1, -0.05) is 97.1 Å². The van der Waals surface area contributed by atoms with Crippen LogP contribution in [0.5, 0.6) is 0 Å². The van der Waals surface area contributed by atoms with Crippen molar-refractivity contribution in [2.75, 3.05) is 0 Å². The number of benzene rings is 4. The Kier molecular flexibility index (Phi) is 6.01. The number of nitrogens with zero attached hydrogens (tertiary/aromatic N) is 4. The summed E-state index contributed by atoms with van der Waals surface area (Å²) in [5, 5.41) is 1.12. The Morgan fingerprint density at radius 2 is 1.12 bits per heavy atom. The van der Waals surface area contributed by atoms with Crippen LogP contribution in [0.3, 0.4) is 0 Å². The highest BCUT2D eigenvalue weighted by Gasteiger charge is 2.18. The highest BCUT2D eigenvalue weighted by atomic mass is 14.9. The van der Waals surface area contributed by atoms with Crippen molar-refractivity contribution in [3.05, 3.63) is 120 Å². The van der Waals surface area contributed by atoms with E-state index in [1.807, 2.05) is 24.3 Å². The molecule has 0 saturated heterocycles. The molecule has 0 fully saturated rings. The monoisotopic (exact) mass is 516 g/mol. The van der Waals surface area contributed by atoms with Gasteiger partial charge < -0.3 is 0 Å². The first kappa shape index (κ1) is 24.1. The molecule has 192 valence electrons. The van der Waals surface area contributed by atoms with E-state index in [0.717, 1.165) is 68.9 Å². The van der Waals surface area contributed by atoms with Gasteiger partial charge in [-0.3, -0.25) is 4.99 Å². The van der Waals surface area contributed by atoms with E-state index < -0.39 is 0 Å². The summed E-state index contributed by atoms with van der Waals surface area (Å²) in [5.74, 6) is 0.614.